The number of pyridine rings is 1. The SMILES string of the molecule is COc1ccc(-n2nc(C(=O)N3CCC(F)(F)CC3)nc2-c2cnc(C)cn2)cn1. The Kier molecular flexibility index (Phi) is 5.10. The zero-order chi connectivity index (χ0) is 21.3. The molecule has 3 aromatic heterocycles. The number of alkyl halides is 2. The van der Waals surface area contributed by atoms with Gasteiger partial charge in [-0.2, -0.15) is 0 Å². The Hall–Kier alpha value is -3.50. The van der Waals surface area contributed by atoms with Gasteiger partial charge >= 0.3 is 0 Å². The Bertz CT molecular complexity index is 1040. The molecule has 0 unspecified atom stereocenters. The van der Waals surface area contributed by atoms with Gasteiger partial charge in [0, 0.05) is 38.2 Å². The Balaban J connectivity index is 1.71. The van der Waals surface area contributed by atoms with E-state index in [0.29, 0.717) is 23.1 Å². The van der Waals surface area contributed by atoms with Crippen molar-refractivity contribution < 1.29 is 18.3 Å². The third-order valence-electron chi connectivity index (χ3n) is 4.77. The highest BCUT2D eigenvalue weighted by Crippen LogP contribution is 2.28. The fraction of sp³-hybridized carbons (Fsp3) is 0.368. The van der Waals surface area contributed by atoms with E-state index in [1.165, 1.54) is 29.1 Å². The fourth-order valence-corrected chi connectivity index (χ4v) is 3.05. The zero-order valence-electron chi connectivity index (χ0n) is 16.4. The second-order valence-corrected chi connectivity index (χ2v) is 6.92. The number of carbonyl (C=O) groups is 1. The van der Waals surface area contributed by atoms with Crippen LogP contribution in [0.1, 0.15) is 29.2 Å². The lowest BCUT2D eigenvalue weighted by atomic mass is 10.1. The lowest BCUT2D eigenvalue weighted by Gasteiger charge is -2.30. The van der Waals surface area contributed by atoms with E-state index >= 15 is 0 Å². The standard InChI is InChI=1S/C19H19F2N7O2/c1-12-9-23-14(11-22-12)17-25-16(18(29)27-7-5-19(20,21)6-8-27)26-28(17)13-3-4-15(30-2)24-10-13/h3-4,9-11H,5-8H2,1-2H3. The number of carbonyl (C=O) groups excluding carboxylic acids is 1. The van der Waals surface area contributed by atoms with Gasteiger partial charge in [-0.15, -0.1) is 5.10 Å². The first kappa shape index (κ1) is 19.8. The first-order valence-electron chi connectivity index (χ1n) is 9.30. The summed E-state index contributed by atoms with van der Waals surface area (Å²) in [6.07, 6.45) is 3.88. The van der Waals surface area contributed by atoms with E-state index in [1.807, 2.05) is 0 Å². The molecule has 4 heterocycles. The number of hydrogen-bond acceptors (Lipinski definition) is 7. The van der Waals surface area contributed by atoms with Gasteiger partial charge in [0.05, 0.1) is 30.9 Å². The van der Waals surface area contributed by atoms with Crippen LogP contribution in [0, 0.1) is 6.92 Å². The highest BCUT2D eigenvalue weighted by atomic mass is 19.3. The maximum Gasteiger partial charge on any atom is 0.293 e. The highest BCUT2D eigenvalue weighted by molar-refractivity contribution is 5.91. The number of piperidine rings is 1. The number of nitrogens with zero attached hydrogens (tertiary/aromatic N) is 7. The molecule has 30 heavy (non-hydrogen) atoms. The van der Waals surface area contributed by atoms with Gasteiger partial charge in [-0.3, -0.25) is 9.78 Å². The van der Waals surface area contributed by atoms with E-state index in [4.69, 9.17) is 4.74 Å². The van der Waals surface area contributed by atoms with Crippen molar-refractivity contribution >= 4 is 5.91 Å². The van der Waals surface area contributed by atoms with Crippen LogP contribution in [0.2, 0.25) is 0 Å². The average Bonchev–Trinajstić information content (AvgIpc) is 3.19. The number of rotatable bonds is 4. The van der Waals surface area contributed by atoms with Crippen LogP contribution in [0.5, 0.6) is 5.88 Å². The van der Waals surface area contributed by atoms with Crippen LogP contribution in [0.3, 0.4) is 0 Å². The molecular weight excluding hydrogens is 396 g/mol. The van der Waals surface area contributed by atoms with Crippen molar-refractivity contribution in [1.29, 1.82) is 0 Å². The molecule has 0 N–H and O–H groups in total. The second kappa shape index (κ2) is 7.73. The number of hydrogen-bond donors (Lipinski definition) is 0. The summed E-state index contributed by atoms with van der Waals surface area (Å²) in [4.78, 5) is 31.3. The maximum atomic E-state index is 13.4. The molecule has 1 aliphatic rings. The molecule has 156 valence electrons. The molecule has 1 aliphatic heterocycles. The molecule has 1 amide bonds. The molecule has 1 fully saturated rings. The third-order valence-corrected chi connectivity index (χ3v) is 4.77. The molecule has 3 aromatic rings. The summed E-state index contributed by atoms with van der Waals surface area (Å²) in [6, 6.07) is 3.36. The predicted molar refractivity (Wildman–Crippen MR) is 102 cm³/mol. The molecule has 0 radical (unpaired) electrons. The minimum atomic E-state index is -2.75. The molecule has 9 nitrogen and oxygen atoms in total. The molecular formula is C19H19F2N7O2. The number of ether oxygens (including phenoxy) is 1. The summed E-state index contributed by atoms with van der Waals surface area (Å²) >= 11 is 0. The van der Waals surface area contributed by atoms with Gasteiger partial charge in [-0.25, -0.2) is 28.4 Å². The summed E-state index contributed by atoms with van der Waals surface area (Å²) in [6.45, 7) is 1.70. The van der Waals surface area contributed by atoms with Gasteiger partial charge in [0.1, 0.15) is 5.69 Å². The molecule has 0 bridgehead atoms. The maximum absolute atomic E-state index is 13.4. The molecule has 0 atom stereocenters. The van der Waals surface area contributed by atoms with Crippen molar-refractivity contribution in [2.24, 2.45) is 0 Å². The van der Waals surface area contributed by atoms with Crippen molar-refractivity contribution in [2.75, 3.05) is 20.2 Å². The van der Waals surface area contributed by atoms with Crippen molar-refractivity contribution in [3.63, 3.8) is 0 Å². The van der Waals surface area contributed by atoms with Gasteiger partial charge in [-0.1, -0.05) is 0 Å². The molecule has 11 heteroatoms. The zero-order valence-corrected chi connectivity index (χ0v) is 16.4. The van der Waals surface area contributed by atoms with Crippen LogP contribution in [-0.2, 0) is 0 Å². The molecule has 0 saturated carbocycles. The summed E-state index contributed by atoms with van der Waals surface area (Å²) in [5.74, 6) is -2.65. The van der Waals surface area contributed by atoms with Gasteiger partial charge in [-0.05, 0) is 13.0 Å². The summed E-state index contributed by atoms with van der Waals surface area (Å²) in [7, 11) is 1.50. The second-order valence-electron chi connectivity index (χ2n) is 6.92. The predicted octanol–water partition coefficient (Wildman–Crippen LogP) is 2.31. The van der Waals surface area contributed by atoms with Gasteiger partial charge < -0.3 is 9.64 Å². The van der Waals surface area contributed by atoms with E-state index in [9.17, 15) is 13.6 Å². The van der Waals surface area contributed by atoms with Crippen molar-refractivity contribution in [3.05, 3.63) is 42.2 Å². The number of aryl methyl sites for hydroxylation is 1. The molecule has 4 rings (SSSR count). The van der Waals surface area contributed by atoms with Gasteiger partial charge in [0.2, 0.25) is 11.7 Å². The molecule has 0 aliphatic carbocycles. The van der Waals surface area contributed by atoms with E-state index < -0.39 is 11.8 Å². The number of likely N-dealkylation sites (tertiary alicyclic amines) is 1. The van der Waals surface area contributed by atoms with Crippen LogP contribution >= 0.6 is 0 Å². The summed E-state index contributed by atoms with van der Waals surface area (Å²) < 4.78 is 33.4. The third kappa shape index (κ3) is 3.95. The smallest absolute Gasteiger partial charge is 0.293 e. The summed E-state index contributed by atoms with van der Waals surface area (Å²) in [5.41, 5.74) is 1.67. The van der Waals surface area contributed by atoms with Crippen molar-refractivity contribution in [1.82, 2.24) is 34.6 Å². The van der Waals surface area contributed by atoms with Gasteiger partial charge in [0.15, 0.2) is 5.82 Å². The monoisotopic (exact) mass is 415 g/mol. The van der Waals surface area contributed by atoms with E-state index in [1.54, 1.807) is 25.3 Å². The van der Waals surface area contributed by atoms with Crippen LogP contribution in [0.15, 0.2) is 30.7 Å². The van der Waals surface area contributed by atoms with Crippen LogP contribution in [-0.4, -0.2) is 66.6 Å². The van der Waals surface area contributed by atoms with Crippen LogP contribution < -0.4 is 4.74 Å². The van der Waals surface area contributed by atoms with Crippen LogP contribution in [0.25, 0.3) is 17.2 Å². The quantitative estimate of drug-likeness (QED) is 0.645. The Morgan fingerprint density at radius 1 is 1.10 bits per heavy atom. The summed E-state index contributed by atoms with van der Waals surface area (Å²) in [5, 5.41) is 4.32. The topological polar surface area (TPSA) is 98.9 Å². The van der Waals surface area contributed by atoms with Crippen molar-refractivity contribution in [2.45, 2.75) is 25.7 Å². The first-order valence-corrected chi connectivity index (χ1v) is 9.30. The van der Waals surface area contributed by atoms with Crippen molar-refractivity contribution in [3.8, 4) is 23.1 Å². The Morgan fingerprint density at radius 3 is 2.47 bits per heavy atom. The number of halogens is 2. The molecule has 0 aromatic carbocycles. The van der Waals surface area contributed by atoms with Crippen LogP contribution in [0.4, 0.5) is 8.78 Å². The van der Waals surface area contributed by atoms with E-state index in [-0.39, 0.29) is 31.8 Å². The minimum Gasteiger partial charge on any atom is -0.481 e. The molecule has 1 saturated heterocycles. The highest BCUT2D eigenvalue weighted by Gasteiger charge is 2.37. The first-order chi connectivity index (χ1) is 14.4. The number of aromatic nitrogens is 6. The minimum absolute atomic E-state index is 0.0515. The largest absolute Gasteiger partial charge is 0.481 e. The van der Waals surface area contributed by atoms with Gasteiger partial charge in [0.25, 0.3) is 11.8 Å². The molecule has 0 spiro atoms. The lowest BCUT2D eigenvalue weighted by Crippen LogP contribution is -2.43. The Labute approximate surface area is 170 Å². The number of amides is 1. The fourth-order valence-electron chi connectivity index (χ4n) is 3.05. The van der Waals surface area contributed by atoms with E-state index in [2.05, 4.69) is 25.0 Å². The Morgan fingerprint density at radius 2 is 1.87 bits per heavy atom. The number of methoxy groups -OCH3 is 1. The lowest BCUT2D eigenvalue weighted by molar-refractivity contribution is -0.0496. The normalized spacial score (nSPS) is 15.8. The van der Waals surface area contributed by atoms with E-state index in [0.717, 1.165) is 5.69 Å². The average molecular weight is 415 g/mol.